The molecular weight excluding hydrogens is 328 g/mol. The van der Waals surface area contributed by atoms with E-state index in [9.17, 15) is 8.42 Å². The Labute approximate surface area is 142 Å². The summed E-state index contributed by atoms with van der Waals surface area (Å²) in [7, 11) is -3.13. The van der Waals surface area contributed by atoms with Gasteiger partial charge in [0, 0.05) is 37.9 Å². The zero-order valence-corrected chi connectivity index (χ0v) is 15.2. The van der Waals surface area contributed by atoms with Crippen molar-refractivity contribution in [1.29, 1.82) is 0 Å². The summed E-state index contributed by atoms with van der Waals surface area (Å²) in [5, 5.41) is 4.47. The summed E-state index contributed by atoms with van der Waals surface area (Å²) in [6, 6.07) is 3.91. The van der Waals surface area contributed by atoms with Gasteiger partial charge in [-0.3, -0.25) is 0 Å². The van der Waals surface area contributed by atoms with Crippen molar-refractivity contribution in [2.24, 2.45) is 0 Å². The number of aryl methyl sites for hydroxylation is 3. The monoisotopic (exact) mass is 350 g/mol. The lowest BCUT2D eigenvalue weighted by atomic mass is 10.3. The van der Waals surface area contributed by atoms with E-state index in [2.05, 4.69) is 20.0 Å². The second-order valence-electron chi connectivity index (χ2n) is 6.12. The Hall–Kier alpha value is -2.00. The molecule has 2 aromatic rings. The molecule has 0 amide bonds. The molecule has 9 heteroatoms. The largest absolute Gasteiger partial charge is 0.354 e. The standard InChI is InChI=1S/C15H22N6O2S/c1-11-9-12(2)21(18-11)15-10-14(16-13(3)17-15)19-5-7-20(8-6-19)24(4,22)23/h9-10H,5-8H2,1-4H3. The lowest BCUT2D eigenvalue weighted by Crippen LogP contribution is -2.48. The molecule has 1 fully saturated rings. The molecule has 24 heavy (non-hydrogen) atoms. The van der Waals surface area contributed by atoms with Crippen LogP contribution in [0.3, 0.4) is 0 Å². The molecule has 1 aliphatic heterocycles. The molecule has 1 saturated heterocycles. The molecule has 0 spiro atoms. The molecule has 3 heterocycles. The molecule has 0 aliphatic carbocycles. The summed E-state index contributed by atoms with van der Waals surface area (Å²) in [4.78, 5) is 11.1. The van der Waals surface area contributed by atoms with Crippen LogP contribution < -0.4 is 4.90 Å². The number of rotatable bonds is 3. The van der Waals surface area contributed by atoms with E-state index in [4.69, 9.17) is 0 Å². The number of aromatic nitrogens is 4. The lowest BCUT2D eigenvalue weighted by Gasteiger charge is -2.34. The fraction of sp³-hybridized carbons (Fsp3) is 0.533. The van der Waals surface area contributed by atoms with E-state index < -0.39 is 10.0 Å². The van der Waals surface area contributed by atoms with Crippen molar-refractivity contribution in [3.8, 4) is 5.82 Å². The summed E-state index contributed by atoms with van der Waals surface area (Å²) in [5.41, 5.74) is 1.95. The van der Waals surface area contributed by atoms with Gasteiger partial charge in [-0.05, 0) is 26.8 Å². The first-order valence-corrected chi connectivity index (χ1v) is 9.68. The molecule has 0 atom stereocenters. The molecule has 3 rings (SSSR count). The number of nitrogens with zero attached hydrogens (tertiary/aromatic N) is 6. The zero-order valence-electron chi connectivity index (χ0n) is 14.4. The molecule has 0 radical (unpaired) electrons. The third kappa shape index (κ3) is 3.41. The highest BCUT2D eigenvalue weighted by atomic mass is 32.2. The van der Waals surface area contributed by atoms with Crippen molar-refractivity contribution < 1.29 is 8.42 Å². The van der Waals surface area contributed by atoms with Gasteiger partial charge in [0.05, 0.1) is 11.9 Å². The summed E-state index contributed by atoms with van der Waals surface area (Å²) < 4.78 is 26.6. The van der Waals surface area contributed by atoms with Crippen LogP contribution in [0, 0.1) is 20.8 Å². The Morgan fingerprint density at radius 2 is 1.58 bits per heavy atom. The van der Waals surface area contributed by atoms with Gasteiger partial charge >= 0.3 is 0 Å². The van der Waals surface area contributed by atoms with E-state index in [1.807, 2.05) is 32.9 Å². The van der Waals surface area contributed by atoms with Crippen molar-refractivity contribution in [2.75, 3.05) is 37.3 Å². The van der Waals surface area contributed by atoms with Crippen LogP contribution in [0.15, 0.2) is 12.1 Å². The molecule has 1 aliphatic rings. The minimum atomic E-state index is -3.13. The first-order valence-electron chi connectivity index (χ1n) is 7.83. The van der Waals surface area contributed by atoms with Crippen molar-refractivity contribution in [2.45, 2.75) is 20.8 Å². The van der Waals surface area contributed by atoms with Crippen LogP contribution in [0.2, 0.25) is 0 Å². The van der Waals surface area contributed by atoms with Crippen LogP contribution in [-0.4, -0.2) is 64.9 Å². The first-order chi connectivity index (χ1) is 11.2. The highest BCUT2D eigenvalue weighted by molar-refractivity contribution is 7.88. The van der Waals surface area contributed by atoms with Crippen LogP contribution >= 0.6 is 0 Å². The molecular formula is C15H22N6O2S. The van der Waals surface area contributed by atoms with Crippen LogP contribution in [0.4, 0.5) is 5.82 Å². The third-order valence-electron chi connectivity index (χ3n) is 4.07. The minimum absolute atomic E-state index is 0.469. The predicted molar refractivity (Wildman–Crippen MR) is 92.0 cm³/mol. The number of sulfonamides is 1. The average molecular weight is 350 g/mol. The van der Waals surface area contributed by atoms with Gasteiger partial charge in [0.2, 0.25) is 10.0 Å². The Bertz CT molecular complexity index is 853. The average Bonchev–Trinajstić information content (AvgIpc) is 2.84. The molecule has 0 N–H and O–H groups in total. The van der Waals surface area contributed by atoms with Gasteiger partial charge in [-0.2, -0.15) is 9.40 Å². The van der Waals surface area contributed by atoms with Crippen LogP contribution in [0.5, 0.6) is 0 Å². The van der Waals surface area contributed by atoms with Crippen molar-refractivity contribution in [1.82, 2.24) is 24.1 Å². The van der Waals surface area contributed by atoms with Crippen LogP contribution in [0.1, 0.15) is 17.2 Å². The lowest BCUT2D eigenvalue weighted by molar-refractivity contribution is 0.386. The maximum absolute atomic E-state index is 11.6. The maximum Gasteiger partial charge on any atom is 0.211 e. The highest BCUT2D eigenvalue weighted by Gasteiger charge is 2.24. The third-order valence-corrected chi connectivity index (χ3v) is 5.37. The quantitative estimate of drug-likeness (QED) is 0.809. The van der Waals surface area contributed by atoms with Gasteiger partial charge in [0.1, 0.15) is 11.6 Å². The Morgan fingerprint density at radius 1 is 0.958 bits per heavy atom. The van der Waals surface area contributed by atoms with E-state index in [1.165, 1.54) is 10.6 Å². The van der Waals surface area contributed by atoms with E-state index >= 15 is 0 Å². The summed E-state index contributed by atoms with van der Waals surface area (Å²) in [6.07, 6.45) is 1.25. The van der Waals surface area contributed by atoms with Gasteiger partial charge in [0.15, 0.2) is 5.82 Å². The number of hydrogen-bond acceptors (Lipinski definition) is 6. The van der Waals surface area contributed by atoms with Crippen molar-refractivity contribution in [3.63, 3.8) is 0 Å². The number of anilines is 1. The normalized spacial score (nSPS) is 16.6. The van der Waals surface area contributed by atoms with Gasteiger partial charge < -0.3 is 4.90 Å². The number of piperazine rings is 1. The summed E-state index contributed by atoms with van der Waals surface area (Å²) in [5.74, 6) is 2.20. The summed E-state index contributed by atoms with van der Waals surface area (Å²) >= 11 is 0. The van der Waals surface area contributed by atoms with E-state index in [-0.39, 0.29) is 0 Å². The fourth-order valence-electron chi connectivity index (χ4n) is 2.92. The van der Waals surface area contributed by atoms with Gasteiger partial charge in [0.25, 0.3) is 0 Å². The van der Waals surface area contributed by atoms with Crippen LogP contribution in [0.25, 0.3) is 5.82 Å². The molecule has 0 aromatic carbocycles. The molecule has 0 unspecified atom stereocenters. The van der Waals surface area contributed by atoms with Crippen LogP contribution in [-0.2, 0) is 10.0 Å². The van der Waals surface area contributed by atoms with E-state index in [1.54, 1.807) is 4.68 Å². The maximum atomic E-state index is 11.6. The molecule has 8 nitrogen and oxygen atoms in total. The fourth-order valence-corrected chi connectivity index (χ4v) is 3.74. The van der Waals surface area contributed by atoms with Gasteiger partial charge in [-0.1, -0.05) is 0 Å². The summed E-state index contributed by atoms with van der Waals surface area (Å²) in [6.45, 7) is 7.95. The molecule has 0 bridgehead atoms. The van der Waals surface area contributed by atoms with Gasteiger partial charge in [-0.25, -0.2) is 23.1 Å². The highest BCUT2D eigenvalue weighted by Crippen LogP contribution is 2.19. The second kappa shape index (κ2) is 6.14. The topological polar surface area (TPSA) is 84.2 Å². The molecule has 0 saturated carbocycles. The molecule has 2 aromatic heterocycles. The molecule has 130 valence electrons. The van der Waals surface area contributed by atoms with E-state index in [0.717, 1.165) is 23.0 Å². The Balaban J connectivity index is 1.86. The Kier molecular flexibility index (Phi) is 4.31. The minimum Gasteiger partial charge on any atom is -0.354 e. The first kappa shape index (κ1) is 16.8. The zero-order chi connectivity index (χ0) is 17.5. The number of hydrogen-bond donors (Lipinski definition) is 0. The van der Waals surface area contributed by atoms with E-state index in [0.29, 0.717) is 32.0 Å². The van der Waals surface area contributed by atoms with Gasteiger partial charge in [-0.15, -0.1) is 0 Å². The predicted octanol–water partition coefficient (Wildman–Crippen LogP) is 0.669. The van der Waals surface area contributed by atoms with Crippen molar-refractivity contribution in [3.05, 3.63) is 29.3 Å². The smallest absolute Gasteiger partial charge is 0.211 e. The van der Waals surface area contributed by atoms with Crippen molar-refractivity contribution >= 4 is 15.8 Å². The Morgan fingerprint density at radius 3 is 2.12 bits per heavy atom. The SMILES string of the molecule is Cc1cc(C)n(-c2cc(N3CCN(S(C)(=O)=O)CC3)nc(C)n2)n1. The second-order valence-corrected chi connectivity index (χ2v) is 8.10.